The van der Waals surface area contributed by atoms with Gasteiger partial charge in [-0.05, 0) is 43.8 Å². The van der Waals surface area contributed by atoms with Crippen LogP contribution in [0.15, 0.2) is 54.6 Å². The van der Waals surface area contributed by atoms with Gasteiger partial charge >= 0.3 is 0 Å². The number of fused-ring (bicyclic) bond motifs is 2. The summed E-state index contributed by atoms with van der Waals surface area (Å²) < 4.78 is 0. The molecule has 0 aliphatic carbocycles. The van der Waals surface area contributed by atoms with Crippen LogP contribution in [0.1, 0.15) is 0 Å². The van der Waals surface area contributed by atoms with Crippen molar-refractivity contribution in [2.75, 3.05) is 0 Å². The van der Waals surface area contributed by atoms with E-state index in [1.165, 1.54) is 0 Å². The highest BCUT2D eigenvalue weighted by Crippen LogP contribution is 2.38. The summed E-state index contributed by atoms with van der Waals surface area (Å²) in [7, 11) is 57.8. The minimum absolute atomic E-state index is 0.137. The predicted octanol–water partition coefficient (Wildman–Crippen LogP) is -3.53. The van der Waals surface area contributed by atoms with Gasteiger partial charge in [-0.25, -0.2) is 0 Å². The lowest BCUT2D eigenvalue weighted by Gasteiger charge is -2.28. The molecule has 0 saturated heterocycles. The largest absolute Gasteiger partial charge is 0.115 e. The highest BCUT2D eigenvalue weighted by Gasteiger charge is 2.23. The van der Waals surface area contributed by atoms with Crippen LogP contribution in [0.3, 0.4) is 0 Å². The molecule has 5 aromatic rings. The van der Waals surface area contributed by atoms with Crippen molar-refractivity contribution in [2.45, 2.75) is 0 Å². The third-order valence-corrected chi connectivity index (χ3v) is 6.64. The Morgan fingerprint density at radius 1 is 0.314 bits per heavy atom. The van der Waals surface area contributed by atoms with E-state index in [1.807, 2.05) is 54.6 Å². The first-order chi connectivity index (χ1) is 16.7. The summed E-state index contributed by atoms with van der Waals surface area (Å²) >= 11 is 0. The molecule has 0 aliphatic heterocycles. The summed E-state index contributed by atoms with van der Waals surface area (Å²) in [5.41, 5.74) is 5.00. The van der Waals surface area contributed by atoms with Crippen molar-refractivity contribution < 1.29 is 0 Å². The number of benzene rings is 5. The van der Waals surface area contributed by atoms with Crippen molar-refractivity contribution in [2.24, 2.45) is 0 Å². The molecule has 18 radical (unpaired) electrons. The first-order valence-electron chi connectivity index (χ1n) is 10.8. The normalized spacial score (nSPS) is 11.3. The van der Waals surface area contributed by atoms with E-state index < -0.39 is 0 Å². The van der Waals surface area contributed by atoms with Gasteiger partial charge in [0.2, 0.25) is 0 Å². The third kappa shape index (κ3) is 3.42. The first kappa shape index (κ1) is 23.9. The lowest BCUT2D eigenvalue weighted by Crippen LogP contribution is -2.51. The minimum Gasteiger partial charge on any atom is -0.110 e. The van der Waals surface area contributed by atoms with Gasteiger partial charge < -0.3 is 0 Å². The molecule has 9 heteroatoms. The SMILES string of the molecule is [B]c1c([B])c([B])c2c(-c3ccccc3-c3ccccc3)c3c([B])c([B])c([B])c([B])c3c([B])c2c1[B]. The maximum atomic E-state index is 6.66. The molecule has 0 N–H and O–H groups in total. The molecule has 0 nitrogen and oxygen atoms in total. The van der Waals surface area contributed by atoms with E-state index in [4.69, 9.17) is 70.6 Å². The van der Waals surface area contributed by atoms with Gasteiger partial charge in [-0.1, -0.05) is 81.9 Å². The first-order valence-corrected chi connectivity index (χ1v) is 10.8. The Morgan fingerprint density at radius 3 is 1.14 bits per heavy atom. The molecule has 0 spiro atoms. The molecule has 5 aromatic carbocycles. The van der Waals surface area contributed by atoms with Crippen LogP contribution in [-0.2, 0) is 0 Å². The van der Waals surface area contributed by atoms with Gasteiger partial charge in [-0.15, -0.1) is 21.9 Å². The molecule has 0 unspecified atom stereocenters. The third-order valence-electron chi connectivity index (χ3n) is 6.64. The molecular formula is C26H9B9. The van der Waals surface area contributed by atoms with E-state index in [-0.39, 0.29) is 49.2 Å². The van der Waals surface area contributed by atoms with Gasteiger partial charge in [0.15, 0.2) is 0 Å². The molecule has 0 bridgehead atoms. The zero-order valence-electron chi connectivity index (χ0n) is 18.9. The number of hydrogen-bond acceptors (Lipinski definition) is 0. The summed E-state index contributed by atoms with van der Waals surface area (Å²) in [4.78, 5) is 0. The van der Waals surface area contributed by atoms with E-state index in [2.05, 4.69) is 0 Å². The van der Waals surface area contributed by atoms with E-state index in [9.17, 15) is 0 Å². The smallest absolute Gasteiger partial charge is 0.110 e. The van der Waals surface area contributed by atoms with E-state index >= 15 is 0 Å². The maximum Gasteiger partial charge on any atom is 0.115 e. The average Bonchev–Trinajstić information content (AvgIpc) is 2.88. The van der Waals surface area contributed by atoms with Crippen LogP contribution in [0, 0.1) is 0 Å². The number of rotatable bonds is 2. The van der Waals surface area contributed by atoms with Crippen LogP contribution < -0.4 is 49.2 Å². The summed E-state index contributed by atoms with van der Waals surface area (Å²) in [5, 5.41) is 1.88. The summed E-state index contributed by atoms with van der Waals surface area (Å²) in [6.07, 6.45) is 0. The summed E-state index contributed by atoms with van der Waals surface area (Å²) in [5.74, 6) is 0. The molecule has 140 valence electrons. The Bertz CT molecular complexity index is 1590. The average molecular weight is 419 g/mol. The fraction of sp³-hybridized carbons (Fsp3) is 0. The lowest BCUT2D eigenvalue weighted by molar-refractivity contribution is 1.61. The Hall–Kier alpha value is -2.80. The lowest BCUT2D eigenvalue weighted by atomic mass is 9.58. The fourth-order valence-electron chi connectivity index (χ4n) is 4.83. The Labute approximate surface area is 217 Å². The van der Waals surface area contributed by atoms with Crippen molar-refractivity contribution in [1.29, 1.82) is 0 Å². The van der Waals surface area contributed by atoms with Crippen molar-refractivity contribution >= 4 is 141 Å². The van der Waals surface area contributed by atoms with Crippen LogP contribution in [0.25, 0.3) is 43.8 Å². The van der Waals surface area contributed by atoms with Crippen LogP contribution >= 0.6 is 0 Å². The number of hydrogen-bond donors (Lipinski definition) is 0. The monoisotopic (exact) mass is 420 g/mol. The second kappa shape index (κ2) is 8.70. The van der Waals surface area contributed by atoms with Gasteiger partial charge in [-0.3, -0.25) is 0 Å². The fourth-order valence-corrected chi connectivity index (χ4v) is 4.83. The molecular weight excluding hydrogens is 410 g/mol. The molecule has 5 rings (SSSR count). The van der Waals surface area contributed by atoms with E-state index in [0.717, 1.165) is 16.7 Å². The molecule has 0 saturated carbocycles. The summed E-state index contributed by atoms with van der Waals surface area (Å²) in [6.45, 7) is 0. The zero-order chi connectivity index (χ0) is 25.2. The van der Waals surface area contributed by atoms with Crippen LogP contribution in [0.4, 0.5) is 0 Å². The van der Waals surface area contributed by atoms with Crippen molar-refractivity contribution in [3.63, 3.8) is 0 Å². The molecule has 0 atom stereocenters. The topological polar surface area (TPSA) is 0 Å². The van der Waals surface area contributed by atoms with Gasteiger partial charge in [0, 0.05) is 0 Å². The highest BCUT2D eigenvalue weighted by molar-refractivity contribution is 6.73. The van der Waals surface area contributed by atoms with E-state index in [1.54, 1.807) is 0 Å². The quantitative estimate of drug-likeness (QED) is 0.206. The van der Waals surface area contributed by atoms with Crippen molar-refractivity contribution in [3.05, 3.63) is 54.6 Å². The summed E-state index contributed by atoms with van der Waals surface area (Å²) in [6, 6.07) is 17.7. The van der Waals surface area contributed by atoms with Gasteiger partial charge in [0.25, 0.3) is 0 Å². The second-order valence-corrected chi connectivity index (χ2v) is 8.51. The Kier molecular flexibility index (Phi) is 5.95. The molecule has 0 amide bonds. The van der Waals surface area contributed by atoms with Crippen LogP contribution in [-0.4, -0.2) is 70.6 Å². The maximum absolute atomic E-state index is 6.66. The zero-order valence-corrected chi connectivity index (χ0v) is 18.9. The molecule has 0 fully saturated rings. The predicted molar refractivity (Wildman–Crippen MR) is 161 cm³/mol. The molecule has 35 heavy (non-hydrogen) atoms. The molecule has 0 heterocycles. The van der Waals surface area contributed by atoms with Crippen molar-refractivity contribution in [1.82, 2.24) is 0 Å². The van der Waals surface area contributed by atoms with Crippen LogP contribution in [0.5, 0.6) is 0 Å². The van der Waals surface area contributed by atoms with Crippen molar-refractivity contribution in [3.8, 4) is 22.3 Å². The Balaban J connectivity index is 2.16. The van der Waals surface area contributed by atoms with Crippen LogP contribution in [0.2, 0.25) is 0 Å². The molecule has 0 aromatic heterocycles. The minimum atomic E-state index is 0.137. The second-order valence-electron chi connectivity index (χ2n) is 8.51. The van der Waals surface area contributed by atoms with Gasteiger partial charge in [0.1, 0.15) is 70.6 Å². The standard InChI is InChI=1S/C26H9B9/c27-18-16-14(19(28)23(32)25(34)21(16)30)13(15-17(18)22(31)26(35)24(33)20(15)29)12-9-5-4-8-11(12)10-6-2-1-3-7-10/h1-9H. The van der Waals surface area contributed by atoms with E-state index in [0.29, 0.717) is 27.1 Å². The Morgan fingerprint density at radius 2 is 0.686 bits per heavy atom. The van der Waals surface area contributed by atoms with Gasteiger partial charge in [0.05, 0.1) is 0 Å². The van der Waals surface area contributed by atoms with Gasteiger partial charge in [-0.2, -0.15) is 0 Å². The molecule has 0 aliphatic rings. The highest BCUT2D eigenvalue weighted by atomic mass is 14.2.